The van der Waals surface area contributed by atoms with Crippen LogP contribution in [0.4, 0.5) is 5.82 Å². The summed E-state index contributed by atoms with van der Waals surface area (Å²) >= 11 is 6.06. The Labute approximate surface area is 201 Å². The topological polar surface area (TPSA) is 137 Å². The summed E-state index contributed by atoms with van der Waals surface area (Å²) in [6, 6.07) is 12.3. The van der Waals surface area contributed by atoms with Crippen molar-refractivity contribution in [2.75, 3.05) is 5.73 Å². The van der Waals surface area contributed by atoms with Crippen LogP contribution in [0.15, 0.2) is 48.7 Å². The molecule has 1 aromatic carbocycles. The number of fused-ring (bicyclic) bond motifs is 1. The van der Waals surface area contributed by atoms with Crippen LogP contribution < -0.4 is 16.8 Å². The van der Waals surface area contributed by atoms with Gasteiger partial charge in [-0.2, -0.15) is 0 Å². The molecule has 9 heteroatoms. The molecule has 0 aliphatic rings. The molecule has 0 radical (unpaired) electrons. The van der Waals surface area contributed by atoms with Crippen molar-refractivity contribution in [3.05, 3.63) is 93.0 Å². The number of nitrogen functional groups attached to an aromatic ring is 1. The fraction of sp³-hybridized carbons (Fsp3) is 0.160. The maximum absolute atomic E-state index is 12.9. The van der Waals surface area contributed by atoms with Gasteiger partial charge < -0.3 is 16.8 Å². The molecule has 4 aromatic rings. The summed E-state index contributed by atoms with van der Waals surface area (Å²) in [6.07, 6.45) is 1.99. The van der Waals surface area contributed by atoms with E-state index in [1.54, 1.807) is 18.3 Å². The molecule has 0 spiro atoms. The number of nitrogens with one attached hydrogen (secondary N) is 1. The first-order valence-electron chi connectivity index (χ1n) is 10.6. The molecular formula is C25H23ClN6O2. The van der Waals surface area contributed by atoms with Gasteiger partial charge in [-0.3, -0.25) is 14.6 Å². The number of hydrogen-bond acceptors (Lipinski definition) is 6. The van der Waals surface area contributed by atoms with Crippen molar-refractivity contribution >= 4 is 40.1 Å². The molecule has 0 saturated carbocycles. The van der Waals surface area contributed by atoms with E-state index < -0.39 is 11.8 Å². The number of halogens is 1. The minimum Gasteiger partial charge on any atom is -0.384 e. The van der Waals surface area contributed by atoms with Crippen LogP contribution in [0.3, 0.4) is 0 Å². The van der Waals surface area contributed by atoms with Crippen LogP contribution in [-0.4, -0.2) is 26.8 Å². The standard InChI is InChI=1S/C25H23ClN6O2/c1-13-5-23(27)31-14(2)20(13)12-30-25(34)22-10-17(24(28)33)9-19(32-22)7-15-3-4-21-16(6-15)8-18(26)11-29-21/h3-6,8-11H,7,12H2,1-2H3,(H2,27,31)(H2,28,33)(H,30,34). The van der Waals surface area contributed by atoms with Gasteiger partial charge in [0.1, 0.15) is 11.5 Å². The number of anilines is 1. The molecule has 3 aromatic heterocycles. The lowest BCUT2D eigenvalue weighted by atomic mass is 10.0. The summed E-state index contributed by atoms with van der Waals surface area (Å²) in [5.41, 5.74) is 16.4. The Morgan fingerprint density at radius 1 is 1.06 bits per heavy atom. The second-order valence-corrected chi connectivity index (χ2v) is 8.50. The number of hydrogen-bond donors (Lipinski definition) is 3. The van der Waals surface area contributed by atoms with Crippen molar-refractivity contribution in [1.82, 2.24) is 20.3 Å². The zero-order valence-electron chi connectivity index (χ0n) is 18.7. The number of aryl methyl sites for hydroxylation is 2. The molecule has 0 fully saturated rings. The first-order valence-corrected chi connectivity index (χ1v) is 10.9. The van der Waals surface area contributed by atoms with Crippen molar-refractivity contribution in [3.8, 4) is 0 Å². The lowest BCUT2D eigenvalue weighted by Crippen LogP contribution is -2.26. The van der Waals surface area contributed by atoms with Crippen molar-refractivity contribution in [1.29, 1.82) is 0 Å². The van der Waals surface area contributed by atoms with E-state index in [1.807, 2.05) is 38.1 Å². The smallest absolute Gasteiger partial charge is 0.270 e. The van der Waals surface area contributed by atoms with Crippen LogP contribution in [0.5, 0.6) is 0 Å². The van der Waals surface area contributed by atoms with Crippen LogP contribution in [-0.2, 0) is 13.0 Å². The number of pyridine rings is 3. The highest BCUT2D eigenvalue weighted by atomic mass is 35.5. The number of aromatic nitrogens is 3. The number of primary amides is 1. The van der Waals surface area contributed by atoms with Crippen molar-refractivity contribution < 1.29 is 9.59 Å². The Hall–Kier alpha value is -4.04. The van der Waals surface area contributed by atoms with Gasteiger partial charge in [0.2, 0.25) is 5.91 Å². The van der Waals surface area contributed by atoms with Crippen LogP contribution >= 0.6 is 11.6 Å². The van der Waals surface area contributed by atoms with E-state index in [9.17, 15) is 9.59 Å². The van der Waals surface area contributed by atoms with Crippen LogP contribution in [0.2, 0.25) is 5.02 Å². The molecule has 172 valence electrons. The van der Waals surface area contributed by atoms with Gasteiger partial charge >= 0.3 is 0 Å². The average Bonchev–Trinajstić information content (AvgIpc) is 2.77. The van der Waals surface area contributed by atoms with Crippen LogP contribution in [0.1, 0.15) is 48.9 Å². The van der Waals surface area contributed by atoms with E-state index in [-0.39, 0.29) is 17.8 Å². The zero-order chi connectivity index (χ0) is 24.4. The second kappa shape index (κ2) is 9.44. The lowest BCUT2D eigenvalue weighted by Gasteiger charge is -2.12. The summed E-state index contributed by atoms with van der Waals surface area (Å²) in [5.74, 6) is -0.631. The molecular weight excluding hydrogens is 452 g/mol. The van der Waals surface area contributed by atoms with E-state index in [4.69, 9.17) is 23.1 Å². The fourth-order valence-corrected chi connectivity index (χ4v) is 3.99. The third-order valence-electron chi connectivity index (χ3n) is 5.49. The average molecular weight is 475 g/mol. The predicted molar refractivity (Wildman–Crippen MR) is 132 cm³/mol. The van der Waals surface area contributed by atoms with Crippen molar-refractivity contribution in [2.45, 2.75) is 26.8 Å². The number of nitrogens with zero attached hydrogens (tertiary/aromatic N) is 3. The highest BCUT2D eigenvalue weighted by molar-refractivity contribution is 6.31. The van der Waals surface area contributed by atoms with E-state index >= 15 is 0 Å². The highest BCUT2D eigenvalue weighted by Gasteiger charge is 2.15. The predicted octanol–water partition coefficient (Wildman–Crippen LogP) is 3.50. The molecule has 3 heterocycles. The lowest BCUT2D eigenvalue weighted by molar-refractivity contribution is 0.0945. The molecule has 2 amide bonds. The van der Waals surface area contributed by atoms with E-state index in [0.29, 0.717) is 23.0 Å². The first-order chi connectivity index (χ1) is 16.2. The van der Waals surface area contributed by atoms with Crippen molar-refractivity contribution in [3.63, 3.8) is 0 Å². The van der Waals surface area contributed by atoms with Gasteiger partial charge in [0.05, 0.1) is 10.5 Å². The third-order valence-corrected chi connectivity index (χ3v) is 5.70. The van der Waals surface area contributed by atoms with Gasteiger partial charge in [-0.1, -0.05) is 17.7 Å². The van der Waals surface area contributed by atoms with Gasteiger partial charge in [-0.25, -0.2) is 9.97 Å². The quantitative estimate of drug-likeness (QED) is 0.391. The Morgan fingerprint density at radius 3 is 2.59 bits per heavy atom. The van der Waals surface area contributed by atoms with E-state index in [2.05, 4.69) is 20.3 Å². The Morgan fingerprint density at radius 2 is 1.85 bits per heavy atom. The summed E-state index contributed by atoms with van der Waals surface area (Å²) in [7, 11) is 0. The monoisotopic (exact) mass is 474 g/mol. The number of amides is 2. The number of carbonyl (C=O) groups is 2. The maximum atomic E-state index is 12.9. The molecule has 0 aliphatic heterocycles. The minimum atomic E-state index is -0.637. The molecule has 0 aliphatic carbocycles. The molecule has 34 heavy (non-hydrogen) atoms. The summed E-state index contributed by atoms with van der Waals surface area (Å²) in [4.78, 5) is 37.8. The van der Waals surface area contributed by atoms with Gasteiger partial charge in [0.25, 0.3) is 5.91 Å². The first kappa shape index (κ1) is 23.1. The summed E-state index contributed by atoms with van der Waals surface area (Å²) < 4.78 is 0. The number of nitrogens with two attached hydrogens (primary N) is 2. The number of rotatable bonds is 6. The minimum absolute atomic E-state index is 0.107. The molecule has 0 saturated heterocycles. The van der Waals surface area contributed by atoms with Gasteiger partial charge in [-0.05, 0) is 66.9 Å². The number of benzene rings is 1. The van der Waals surface area contributed by atoms with Crippen molar-refractivity contribution in [2.24, 2.45) is 5.73 Å². The summed E-state index contributed by atoms with van der Waals surface area (Å²) in [6.45, 7) is 3.99. The van der Waals surface area contributed by atoms with Gasteiger partial charge in [0.15, 0.2) is 0 Å². The molecule has 0 bridgehead atoms. The second-order valence-electron chi connectivity index (χ2n) is 8.06. The molecule has 8 nitrogen and oxygen atoms in total. The Balaban J connectivity index is 1.59. The Kier molecular flexibility index (Phi) is 6.43. The van der Waals surface area contributed by atoms with Crippen LogP contribution in [0, 0.1) is 13.8 Å². The molecule has 4 rings (SSSR count). The molecule has 0 unspecified atom stereocenters. The molecule has 5 N–H and O–H groups in total. The number of carbonyl (C=O) groups excluding carboxylic acids is 2. The highest BCUT2D eigenvalue weighted by Crippen LogP contribution is 2.20. The summed E-state index contributed by atoms with van der Waals surface area (Å²) in [5, 5.41) is 4.27. The largest absolute Gasteiger partial charge is 0.384 e. The van der Waals surface area contributed by atoms with E-state index in [1.165, 1.54) is 6.07 Å². The van der Waals surface area contributed by atoms with Crippen LogP contribution in [0.25, 0.3) is 10.9 Å². The van der Waals surface area contributed by atoms with E-state index in [0.717, 1.165) is 33.3 Å². The zero-order valence-corrected chi connectivity index (χ0v) is 19.5. The SMILES string of the molecule is Cc1cc(N)nc(C)c1CNC(=O)c1cc(C(N)=O)cc(Cc2ccc3ncc(Cl)cc3c2)n1. The Bertz CT molecular complexity index is 1410. The maximum Gasteiger partial charge on any atom is 0.270 e. The normalized spacial score (nSPS) is 10.9. The molecule has 0 atom stereocenters. The van der Waals surface area contributed by atoms with Gasteiger partial charge in [-0.15, -0.1) is 0 Å². The fourth-order valence-electron chi connectivity index (χ4n) is 3.82. The third kappa shape index (κ3) is 5.13. The van der Waals surface area contributed by atoms with Gasteiger partial charge in [0, 0.05) is 41.5 Å².